The van der Waals surface area contributed by atoms with Gasteiger partial charge >= 0.3 is 5.69 Å². The van der Waals surface area contributed by atoms with Crippen LogP contribution in [0.4, 0.5) is 27.1 Å². The van der Waals surface area contributed by atoms with Gasteiger partial charge in [-0.25, -0.2) is 4.39 Å². The van der Waals surface area contributed by atoms with E-state index in [-0.39, 0.29) is 10.8 Å². The van der Waals surface area contributed by atoms with Crippen molar-refractivity contribution >= 4 is 40.1 Å². The number of hydrazine groups is 1. The molecule has 0 bridgehead atoms. The lowest BCUT2D eigenvalue weighted by Crippen LogP contribution is -2.33. The van der Waals surface area contributed by atoms with Crippen LogP contribution < -0.4 is 16.2 Å². The molecule has 2 aromatic carbocycles. The monoisotopic (exact) mass is 351 g/mol. The molecule has 9 nitrogen and oxygen atoms in total. The molecule has 0 amide bonds. The lowest BCUT2D eigenvalue weighted by atomic mass is 10.2. The minimum atomic E-state index is -0.756. The highest BCUT2D eigenvalue weighted by Gasteiger charge is 2.19. The highest BCUT2D eigenvalue weighted by Crippen LogP contribution is 2.28. The number of nitrogens with one attached hydrogen (secondary N) is 3. The summed E-state index contributed by atoms with van der Waals surface area (Å²) in [6, 6.07) is 8.52. The summed E-state index contributed by atoms with van der Waals surface area (Å²) in [5.41, 5.74) is 4.62. The van der Waals surface area contributed by atoms with Crippen LogP contribution in [0.5, 0.6) is 0 Å². The van der Waals surface area contributed by atoms with Gasteiger partial charge in [-0.3, -0.25) is 31.1 Å². The van der Waals surface area contributed by atoms with E-state index in [9.17, 15) is 24.6 Å². The number of rotatable bonds is 5. The quantitative estimate of drug-likeness (QED) is 0.427. The zero-order valence-corrected chi connectivity index (χ0v) is 12.7. The van der Waals surface area contributed by atoms with Crippen molar-refractivity contribution in [1.82, 2.24) is 5.43 Å². The van der Waals surface area contributed by atoms with Crippen molar-refractivity contribution in [1.29, 1.82) is 0 Å². The number of nitro groups is 2. The number of non-ortho nitro benzene ring substituents is 1. The predicted octanol–water partition coefficient (Wildman–Crippen LogP) is 2.96. The van der Waals surface area contributed by atoms with E-state index in [1.165, 1.54) is 30.3 Å². The summed E-state index contributed by atoms with van der Waals surface area (Å²) in [7, 11) is 0. The molecule has 0 spiro atoms. The predicted molar refractivity (Wildman–Crippen MR) is 89.1 cm³/mol. The molecular formula is C13H10FN5O4S. The number of halogens is 1. The molecule has 2 aromatic rings. The second-order valence-electron chi connectivity index (χ2n) is 4.43. The average molecular weight is 351 g/mol. The first-order chi connectivity index (χ1) is 11.4. The fourth-order valence-electron chi connectivity index (χ4n) is 1.71. The van der Waals surface area contributed by atoms with Crippen molar-refractivity contribution in [2.45, 2.75) is 0 Å². The SMILES string of the molecule is O=[N+]([O-])c1ccc(NNC(=S)Nc2ccc(F)cc2)c([N+](=O)[O-])c1. The molecule has 24 heavy (non-hydrogen) atoms. The van der Waals surface area contributed by atoms with E-state index in [0.29, 0.717) is 5.69 Å². The van der Waals surface area contributed by atoms with Gasteiger partial charge in [-0.1, -0.05) is 0 Å². The van der Waals surface area contributed by atoms with Crippen LogP contribution in [0.25, 0.3) is 0 Å². The van der Waals surface area contributed by atoms with Crippen molar-refractivity contribution in [3.63, 3.8) is 0 Å². The maximum absolute atomic E-state index is 12.8. The molecule has 0 heterocycles. The average Bonchev–Trinajstić information content (AvgIpc) is 2.54. The molecule has 0 radical (unpaired) electrons. The van der Waals surface area contributed by atoms with Gasteiger partial charge in [0.15, 0.2) is 5.11 Å². The molecule has 3 N–H and O–H groups in total. The van der Waals surface area contributed by atoms with Crippen LogP contribution in [0, 0.1) is 26.0 Å². The van der Waals surface area contributed by atoms with Crippen LogP contribution in [-0.2, 0) is 0 Å². The van der Waals surface area contributed by atoms with Gasteiger partial charge in [0.25, 0.3) is 5.69 Å². The van der Waals surface area contributed by atoms with Crippen LogP contribution in [0.2, 0.25) is 0 Å². The van der Waals surface area contributed by atoms with Crippen LogP contribution in [0.1, 0.15) is 0 Å². The third-order valence-electron chi connectivity index (χ3n) is 2.80. The zero-order valence-electron chi connectivity index (χ0n) is 11.9. The maximum atomic E-state index is 12.8. The normalized spacial score (nSPS) is 9.88. The van der Waals surface area contributed by atoms with E-state index in [1.54, 1.807) is 0 Å². The molecular weight excluding hydrogens is 341 g/mol. The topological polar surface area (TPSA) is 122 Å². The first kappa shape index (κ1) is 17.0. The van der Waals surface area contributed by atoms with Gasteiger partial charge in [-0.15, -0.1) is 0 Å². The van der Waals surface area contributed by atoms with Gasteiger partial charge in [0.05, 0.1) is 15.9 Å². The summed E-state index contributed by atoms with van der Waals surface area (Å²) in [5.74, 6) is -0.404. The van der Waals surface area contributed by atoms with Gasteiger partial charge < -0.3 is 5.32 Å². The number of nitrogens with zero attached hydrogens (tertiary/aromatic N) is 2. The number of anilines is 2. The van der Waals surface area contributed by atoms with Crippen LogP contribution in [0.15, 0.2) is 42.5 Å². The molecule has 0 aliphatic rings. The smallest absolute Gasteiger partial charge is 0.300 e. The Kier molecular flexibility index (Phi) is 5.16. The van der Waals surface area contributed by atoms with E-state index < -0.39 is 27.0 Å². The van der Waals surface area contributed by atoms with Gasteiger partial charge in [-0.2, -0.15) is 0 Å². The molecule has 0 aliphatic carbocycles. The second kappa shape index (κ2) is 7.28. The van der Waals surface area contributed by atoms with Crippen LogP contribution >= 0.6 is 12.2 Å². The van der Waals surface area contributed by atoms with E-state index in [1.807, 2.05) is 0 Å². The third kappa shape index (κ3) is 4.33. The first-order valence-electron chi connectivity index (χ1n) is 6.38. The summed E-state index contributed by atoms with van der Waals surface area (Å²) < 4.78 is 12.8. The minimum absolute atomic E-state index is 0.00569. The zero-order chi connectivity index (χ0) is 17.7. The molecule has 0 saturated heterocycles. The molecule has 0 aromatic heterocycles. The highest BCUT2D eigenvalue weighted by molar-refractivity contribution is 7.80. The Morgan fingerprint density at radius 2 is 1.71 bits per heavy atom. The molecule has 0 aliphatic heterocycles. The Hall–Kier alpha value is -3.34. The van der Waals surface area contributed by atoms with Gasteiger partial charge in [0.1, 0.15) is 11.5 Å². The number of thiocarbonyl (C=S) groups is 1. The lowest BCUT2D eigenvalue weighted by molar-refractivity contribution is -0.393. The Balaban J connectivity index is 2.05. The van der Waals surface area contributed by atoms with Crippen molar-refractivity contribution < 1.29 is 14.2 Å². The molecule has 124 valence electrons. The Labute approximate surface area is 139 Å². The lowest BCUT2D eigenvalue weighted by Gasteiger charge is -2.12. The number of hydrogen-bond acceptors (Lipinski definition) is 6. The number of nitro benzene ring substituents is 2. The first-order valence-corrected chi connectivity index (χ1v) is 6.79. The van der Waals surface area contributed by atoms with Crippen molar-refractivity contribution in [3.05, 3.63) is 68.5 Å². The standard InChI is InChI=1S/C13H10FN5O4S/c14-8-1-3-9(4-2-8)15-13(24)17-16-11-6-5-10(18(20)21)7-12(11)19(22)23/h1-7,16H,(H2,15,17,24). The van der Waals surface area contributed by atoms with E-state index >= 15 is 0 Å². The molecule has 0 unspecified atom stereocenters. The fourth-order valence-corrected chi connectivity index (χ4v) is 1.88. The third-order valence-corrected chi connectivity index (χ3v) is 3.01. The molecule has 11 heteroatoms. The molecule has 0 fully saturated rings. The van der Waals surface area contributed by atoms with Crippen molar-refractivity contribution in [2.24, 2.45) is 0 Å². The molecule has 0 atom stereocenters. The molecule has 0 saturated carbocycles. The molecule has 2 rings (SSSR count). The highest BCUT2D eigenvalue weighted by atomic mass is 32.1. The van der Waals surface area contributed by atoms with E-state index in [2.05, 4.69) is 16.2 Å². The van der Waals surface area contributed by atoms with Crippen molar-refractivity contribution in [2.75, 3.05) is 10.7 Å². The Morgan fingerprint density at radius 1 is 1.04 bits per heavy atom. The fraction of sp³-hybridized carbons (Fsp3) is 0. The van der Waals surface area contributed by atoms with Gasteiger partial charge in [-0.05, 0) is 42.5 Å². The van der Waals surface area contributed by atoms with Crippen molar-refractivity contribution in [3.8, 4) is 0 Å². The summed E-state index contributed by atoms with van der Waals surface area (Å²) in [5, 5.41) is 24.5. The second-order valence-corrected chi connectivity index (χ2v) is 4.83. The minimum Gasteiger partial charge on any atom is -0.331 e. The summed E-state index contributed by atoms with van der Waals surface area (Å²) in [6.07, 6.45) is 0. The summed E-state index contributed by atoms with van der Waals surface area (Å²) in [4.78, 5) is 20.2. The van der Waals surface area contributed by atoms with Crippen LogP contribution in [0.3, 0.4) is 0 Å². The van der Waals surface area contributed by atoms with Crippen LogP contribution in [-0.4, -0.2) is 15.0 Å². The summed E-state index contributed by atoms with van der Waals surface area (Å²) in [6.45, 7) is 0. The summed E-state index contributed by atoms with van der Waals surface area (Å²) >= 11 is 4.99. The Bertz CT molecular complexity index is 799. The number of hydrogen-bond donors (Lipinski definition) is 3. The van der Waals surface area contributed by atoms with Gasteiger partial charge in [0.2, 0.25) is 0 Å². The van der Waals surface area contributed by atoms with Gasteiger partial charge in [0, 0.05) is 11.8 Å². The maximum Gasteiger partial charge on any atom is 0.300 e. The van der Waals surface area contributed by atoms with E-state index in [4.69, 9.17) is 12.2 Å². The number of benzene rings is 2. The van der Waals surface area contributed by atoms with E-state index in [0.717, 1.165) is 12.1 Å². The Morgan fingerprint density at radius 3 is 2.29 bits per heavy atom. The largest absolute Gasteiger partial charge is 0.331 e.